The molecule has 0 saturated carbocycles. The molecule has 0 unspecified atom stereocenters. The lowest BCUT2D eigenvalue weighted by molar-refractivity contribution is 0.174. The van der Waals surface area contributed by atoms with Gasteiger partial charge in [0.25, 0.3) is 0 Å². The zero-order valence-corrected chi connectivity index (χ0v) is 8.64. The van der Waals surface area contributed by atoms with Crippen LogP contribution in [0.25, 0.3) is 0 Å². The zero-order valence-electron chi connectivity index (χ0n) is 8.64. The summed E-state index contributed by atoms with van der Waals surface area (Å²) in [6.45, 7) is 2.07. The maximum absolute atomic E-state index is 9.15. The summed E-state index contributed by atoms with van der Waals surface area (Å²) in [7, 11) is 1.59. The van der Waals surface area contributed by atoms with E-state index in [4.69, 9.17) is 14.4 Å². The van der Waals surface area contributed by atoms with Gasteiger partial charge in [-0.3, -0.25) is 0 Å². The number of nitrogens with zero attached hydrogens (tertiary/aromatic N) is 2. The Bertz CT molecular complexity index is 315. The first kappa shape index (κ1) is 10.5. The fourth-order valence-corrected chi connectivity index (χ4v) is 1.82. The van der Waals surface area contributed by atoms with E-state index in [0.29, 0.717) is 18.3 Å². The third kappa shape index (κ3) is 2.17. The van der Waals surface area contributed by atoms with Gasteiger partial charge in [-0.1, -0.05) is 5.16 Å². The van der Waals surface area contributed by atoms with Crippen molar-refractivity contribution in [1.82, 2.24) is 15.5 Å². The number of rotatable bonds is 4. The van der Waals surface area contributed by atoms with E-state index in [1.165, 1.54) is 0 Å². The lowest BCUT2D eigenvalue weighted by Gasteiger charge is -2.10. The molecule has 0 aliphatic carbocycles. The highest BCUT2D eigenvalue weighted by molar-refractivity contribution is 5.01. The highest BCUT2D eigenvalue weighted by Gasteiger charge is 2.32. The van der Waals surface area contributed by atoms with Crippen molar-refractivity contribution >= 4 is 0 Å². The second-order valence-electron chi connectivity index (χ2n) is 3.69. The predicted molar refractivity (Wildman–Crippen MR) is 51.2 cm³/mol. The van der Waals surface area contributed by atoms with Gasteiger partial charge in [0.2, 0.25) is 5.89 Å². The molecule has 84 valence electrons. The van der Waals surface area contributed by atoms with Crippen LogP contribution in [-0.4, -0.2) is 42.1 Å². The molecule has 1 aromatic heterocycles. The van der Waals surface area contributed by atoms with E-state index in [-0.39, 0.29) is 18.4 Å². The fraction of sp³-hybridized carbons (Fsp3) is 0.778. The highest BCUT2D eigenvalue weighted by Crippen LogP contribution is 2.26. The Balaban J connectivity index is 2.07. The third-order valence-corrected chi connectivity index (χ3v) is 2.65. The summed E-state index contributed by atoms with van der Waals surface area (Å²) in [6.07, 6.45) is 0. The second kappa shape index (κ2) is 4.69. The van der Waals surface area contributed by atoms with Crippen LogP contribution < -0.4 is 5.32 Å². The SMILES string of the molecule is COCc1noc([C@@H]2CNC[C@H]2CO)n1. The summed E-state index contributed by atoms with van der Waals surface area (Å²) in [5, 5.41) is 16.1. The van der Waals surface area contributed by atoms with Gasteiger partial charge in [-0.05, 0) is 0 Å². The van der Waals surface area contributed by atoms with Gasteiger partial charge in [0.15, 0.2) is 5.82 Å². The van der Waals surface area contributed by atoms with Gasteiger partial charge in [0.05, 0.1) is 5.92 Å². The molecular formula is C9H15N3O3. The molecule has 2 N–H and O–H groups in total. The molecule has 0 bridgehead atoms. The Kier molecular flexibility index (Phi) is 3.30. The Morgan fingerprint density at radius 1 is 1.60 bits per heavy atom. The zero-order chi connectivity index (χ0) is 10.7. The number of hydrogen-bond acceptors (Lipinski definition) is 6. The molecule has 1 aliphatic heterocycles. The number of methoxy groups -OCH3 is 1. The van der Waals surface area contributed by atoms with Gasteiger partial charge in [-0.25, -0.2) is 0 Å². The number of aliphatic hydroxyl groups is 1. The average Bonchev–Trinajstić information content (AvgIpc) is 2.84. The summed E-state index contributed by atoms with van der Waals surface area (Å²) in [5.41, 5.74) is 0. The topological polar surface area (TPSA) is 80.4 Å². The van der Waals surface area contributed by atoms with Crippen LogP contribution in [0.1, 0.15) is 17.6 Å². The van der Waals surface area contributed by atoms with E-state index < -0.39 is 0 Å². The van der Waals surface area contributed by atoms with E-state index in [9.17, 15) is 0 Å². The van der Waals surface area contributed by atoms with Crippen LogP contribution in [0.3, 0.4) is 0 Å². The summed E-state index contributed by atoms with van der Waals surface area (Å²) >= 11 is 0. The molecule has 1 fully saturated rings. The van der Waals surface area contributed by atoms with Gasteiger partial charge >= 0.3 is 0 Å². The van der Waals surface area contributed by atoms with Crippen LogP contribution in [0.4, 0.5) is 0 Å². The Hall–Kier alpha value is -0.980. The number of aromatic nitrogens is 2. The van der Waals surface area contributed by atoms with E-state index in [1.807, 2.05) is 0 Å². The first-order valence-corrected chi connectivity index (χ1v) is 4.98. The molecule has 2 rings (SSSR count). The third-order valence-electron chi connectivity index (χ3n) is 2.65. The number of ether oxygens (including phenoxy) is 1. The largest absolute Gasteiger partial charge is 0.396 e. The molecule has 1 saturated heterocycles. The van der Waals surface area contributed by atoms with E-state index in [0.717, 1.165) is 13.1 Å². The van der Waals surface area contributed by atoms with Crippen molar-refractivity contribution in [2.45, 2.75) is 12.5 Å². The fourth-order valence-electron chi connectivity index (χ4n) is 1.82. The van der Waals surface area contributed by atoms with Crippen LogP contribution in [-0.2, 0) is 11.3 Å². The minimum absolute atomic E-state index is 0.119. The van der Waals surface area contributed by atoms with Gasteiger partial charge in [0.1, 0.15) is 6.61 Å². The molecule has 2 heterocycles. The monoisotopic (exact) mass is 213 g/mol. The minimum Gasteiger partial charge on any atom is -0.396 e. The molecule has 6 heteroatoms. The molecule has 0 radical (unpaired) electrons. The van der Waals surface area contributed by atoms with Crippen molar-refractivity contribution in [3.8, 4) is 0 Å². The average molecular weight is 213 g/mol. The Morgan fingerprint density at radius 2 is 2.47 bits per heavy atom. The van der Waals surface area contributed by atoms with Gasteiger partial charge < -0.3 is 19.7 Å². The van der Waals surface area contributed by atoms with Crippen molar-refractivity contribution in [2.24, 2.45) is 5.92 Å². The normalized spacial score (nSPS) is 26.0. The number of nitrogens with one attached hydrogen (secondary N) is 1. The molecule has 0 aromatic carbocycles. The maximum atomic E-state index is 9.15. The van der Waals surface area contributed by atoms with Crippen molar-refractivity contribution in [3.05, 3.63) is 11.7 Å². The van der Waals surface area contributed by atoms with Crippen LogP contribution in [0, 0.1) is 5.92 Å². The maximum Gasteiger partial charge on any atom is 0.231 e. The molecule has 2 atom stereocenters. The molecule has 6 nitrogen and oxygen atoms in total. The minimum atomic E-state index is 0.119. The molecule has 0 spiro atoms. The first-order chi connectivity index (χ1) is 7.35. The highest BCUT2D eigenvalue weighted by atomic mass is 16.5. The predicted octanol–water partition coefficient (Wildman–Crippen LogP) is -0.489. The molecule has 1 aromatic rings. The number of hydrogen-bond donors (Lipinski definition) is 2. The van der Waals surface area contributed by atoms with E-state index in [2.05, 4.69) is 15.5 Å². The first-order valence-electron chi connectivity index (χ1n) is 4.98. The van der Waals surface area contributed by atoms with Gasteiger partial charge in [-0.2, -0.15) is 4.98 Å². The Morgan fingerprint density at radius 3 is 3.20 bits per heavy atom. The van der Waals surface area contributed by atoms with Crippen molar-refractivity contribution in [1.29, 1.82) is 0 Å². The van der Waals surface area contributed by atoms with Crippen LogP contribution >= 0.6 is 0 Å². The summed E-state index contributed by atoms with van der Waals surface area (Å²) in [4.78, 5) is 4.23. The summed E-state index contributed by atoms with van der Waals surface area (Å²) < 4.78 is 10.0. The van der Waals surface area contributed by atoms with Crippen LogP contribution in [0.15, 0.2) is 4.52 Å². The smallest absolute Gasteiger partial charge is 0.231 e. The van der Waals surface area contributed by atoms with Crippen LogP contribution in [0.5, 0.6) is 0 Å². The Labute approximate surface area is 87.6 Å². The molecule has 15 heavy (non-hydrogen) atoms. The van der Waals surface area contributed by atoms with Crippen molar-refractivity contribution in [2.75, 3.05) is 26.8 Å². The quantitative estimate of drug-likeness (QED) is 0.702. The summed E-state index contributed by atoms with van der Waals surface area (Å²) in [6, 6.07) is 0. The van der Waals surface area contributed by atoms with E-state index >= 15 is 0 Å². The van der Waals surface area contributed by atoms with Crippen molar-refractivity contribution < 1.29 is 14.4 Å². The van der Waals surface area contributed by atoms with Gasteiger partial charge in [-0.15, -0.1) is 0 Å². The standard InChI is InChI=1S/C9H15N3O3/c1-14-5-8-11-9(15-12-8)7-3-10-2-6(7)4-13/h6-7,10,13H,2-5H2,1H3/t6-,7+/m0/s1. The lowest BCUT2D eigenvalue weighted by Crippen LogP contribution is -2.15. The van der Waals surface area contributed by atoms with Crippen LogP contribution in [0.2, 0.25) is 0 Å². The molecular weight excluding hydrogens is 198 g/mol. The second-order valence-corrected chi connectivity index (χ2v) is 3.69. The van der Waals surface area contributed by atoms with Crippen molar-refractivity contribution in [3.63, 3.8) is 0 Å². The van der Waals surface area contributed by atoms with E-state index in [1.54, 1.807) is 7.11 Å². The molecule has 0 amide bonds. The van der Waals surface area contributed by atoms with Gasteiger partial charge in [0, 0.05) is 32.7 Å². The molecule has 1 aliphatic rings. The lowest BCUT2D eigenvalue weighted by atomic mass is 9.97. The number of aliphatic hydroxyl groups excluding tert-OH is 1. The summed E-state index contributed by atoms with van der Waals surface area (Å²) in [5.74, 6) is 1.43.